The van der Waals surface area contributed by atoms with Crippen molar-refractivity contribution in [3.63, 3.8) is 0 Å². The van der Waals surface area contributed by atoms with Crippen molar-refractivity contribution < 1.29 is 39.8 Å². The average Bonchev–Trinajstić information content (AvgIpc) is 3.23. The number of unbranched alkanes of at least 4 members (excludes halogenated alkanes) is 22. The largest absolute Gasteiger partial charge is 0.394 e. The van der Waals surface area contributed by atoms with Gasteiger partial charge in [-0.15, -0.1) is 0 Å². The molecule has 1 saturated heterocycles. The molecule has 59 heavy (non-hydrogen) atoms. The summed E-state index contributed by atoms with van der Waals surface area (Å²) in [4.78, 5) is 13.0. The van der Waals surface area contributed by atoms with Crippen molar-refractivity contribution in [2.75, 3.05) is 13.2 Å². The lowest BCUT2D eigenvalue weighted by molar-refractivity contribution is -0.302. The van der Waals surface area contributed by atoms with Crippen molar-refractivity contribution >= 4 is 5.91 Å². The van der Waals surface area contributed by atoms with Gasteiger partial charge in [-0.2, -0.15) is 0 Å². The summed E-state index contributed by atoms with van der Waals surface area (Å²) in [5.74, 6) is -0.151. The van der Waals surface area contributed by atoms with Crippen LogP contribution < -0.4 is 5.32 Å². The molecule has 1 amide bonds. The van der Waals surface area contributed by atoms with Crippen LogP contribution in [0.25, 0.3) is 0 Å². The molecule has 0 saturated carbocycles. The molecule has 0 spiro atoms. The number of carbonyl (C=O) groups is 1. The highest BCUT2D eigenvalue weighted by molar-refractivity contribution is 5.76. The van der Waals surface area contributed by atoms with Gasteiger partial charge in [-0.05, 0) is 51.4 Å². The molecule has 0 radical (unpaired) electrons. The smallest absolute Gasteiger partial charge is 0.220 e. The Hall–Kier alpha value is -1.85. The Morgan fingerprint density at radius 2 is 1.05 bits per heavy atom. The predicted octanol–water partition coefficient (Wildman–Crippen LogP) is 10.6. The van der Waals surface area contributed by atoms with Crippen molar-refractivity contribution in [2.45, 2.75) is 249 Å². The van der Waals surface area contributed by atoms with E-state index in [9.17, 15) is 30.3 Å². The standard InChI is InChI=1S/C50H91NO8/c1-3-5-7-9-11-13-15-17-18-19-20-21-22-23-24-25-26-28-30-32-34-36-38-40-46(54)51-43(42-58-50-49(57)48(56)47(55)45(41-52)59-50)44(53)39-37-35-33-31-29-27-16-14-12-10-8-6-4-2/h5,7,11,13,17-18,20-21,43-45,47-50,52-53,55-57H,3-4,6,8-10,12,14-16,19,22-42H2,1-2H3,(H,51,54)/b7-5-,13-11-,18-17-,21-20-. The predicted molar refractivity (Wildman–Crippen MR) is 244 cm³/mol. The van der Waals surface area contributed by atoms with Crippen LogP contribution in [0.1, 0.15) is 206 Å². The number of aliphatic hydroxyl groups excluding tert-OH is 5. The second-order valence-electron chi connectivity index (χ2n) is 16.9. The second-order valence-corrected chi connectivity index (χ2v) is 16.9. The maximum atomic E-state index is 13.0. The van der Waals surface area contributed by atoms with Gasteiger partial charge in [-0.1, -0.05) is 197 Å². The van der Waals surface area contributed by atoms with Crippen molar-refractivity contribution in [1.82, 2.24) is 5.32 Å². The average molecular weight is 834 g/mol. The number of rotatable bonds is 40. The molecule has 0 aromatic rings. The summed E-state index contributed by atoms with van der Waals surface area (Å²) in [5, 5.41) is 54.4. The lowest BCUT2D eigenvalue weighted by Crippen LogP contribution is -2.60. The summed E-state index contributed by atoms with van der Waals surface area (Å²) in [7, 11) is 0. The highest BCUT2D eigenvalue weighted by Gasteiger charge is 2.44. The van der Waals surface area contributed by atoms with E-state index in [0.717, 1.165) is 70.6 Å². The third-order valence-electron chi connectivity index (χ3n) is 11.4. The van der Waals surface area contributed by atoms with Crippen LogP contribution >= 0.6 is 0 Å². The third-order valence-corrected chi connectivity index (χ3v) is 11.4. The van der Waals surface area contributed by atoms with Crippen molar-refractivity contribution in [3.8, 4) is 0 Å². The van der Waals surface area contributed by atoms with Gasteiger partial charge in [0.1, 0.15) is 24.4 Å². The van der Waals surface area contributed by atoms with Crippen LogP contribution in [0.2, 0.25) is 0 Å². The Kier molecular flexibility index (Phi) is 37.6. The van der Waals surface area contributed by atoms with Crippen LogP contribution in [0.3, 0.4) is 0 Å². The number of hydrogen-bond acceptors (Lipinski definition) is 8. The number of amides is 1. The molecule has 7 atom stereocenters. The minimum absolute atomic E-state index is 0.140. The Morgan fingerprint density at radius 3 is 1.56 bits per heavy atom. The second kappa shape index (κ2) is 40.2. The third kappa shape index (κ3) is 30.8. The first kappa shape index (κ1) is 55.2. The molecule has 6 N–H and O–H groups in total. The Balaban J connectivity index is 2.27. The zero-order chi connectivity index (χ0) is 43.0. The van der Waals surface area contributed by atoms with E-state index in [0.29, 0.717) is 12.8 Å². The van der Waals surface area contributed by atoms with Gasteiger partial charge in [0.2, 0.25) is 5.91 Å². The van der Waals surface area contributed by atoms with Crippen LogP contribution in [0.15, 0.2) is 48.6 Å². The van der Waals surface area contributed by atoms with E-state index in [1.807, 2.05) is 0 Å². The molecule has 0 aliphatic carbocycles. The molecule has 1 aliphatic heterocycles. The molecule has 0 bridgehead atoms. The molecule has 1 aliphatic rings. The van der Waals surface area contributed by atoms with E-state index in [-0.39, 0.29) is 12.5 Å². The molecule has 1 rings (SSSR count). The summed E-state index contributed by atoms with van der Waals surface area (Å²) in [6.45, 7) is 3.71. The molecule has 344 valence electrons. The fourth-order valence-corrected chi connectivity index (χ4v) is 7.56. The highest BCUT2D eigenvalue weighted by atomic mass is 16.7. The first-order valence-corrected chi connectivity index (χ1v) is 24.3. The van der Waals surface area contributed by atoms with Gasteiger partial charge in [0.25, 0.3) is 0 Å². The molecule has 7 unspecified atom stereocenters. The topological polar surface area (TPSA) is 149 Å². The molecule has 9 nitrogen and oxygen atoms in total. The molecule has 1 fully saturated rings. The van der Waals surface area contributed by atoms with Crippen LogP contribution in [-0.4, -0.2) is 87.5 Å². The van der Waals surface area contributed by atoms with Gasteiger partial charge in [0.05, 0.1) is 25.4 Å². The van der Waals surface area contributed by atoms with Gasteiger partial charge in [0, 0.05) is 6.42 Å². The van der Waals surface area contributed by atoms with E-state index >= 15 is 0 Å². The molecular weight excluding hydrogens is 743 g/mol. The van der Waals surface area contributed by atoms with Gasteiger partial charge in [-0.3, -0.25) is 4.79 Å². The van der Waals surface area contributed by atoms with Crippen molar-refractivity contribution in [3.05, 3.63) is 48.6 Å². The number of allylic oxidation sites excluding steroid dienone is 8. The number of hydrogen-bond donors (Lipinski definition) is 6. The lowest BCUT2D eigenvalue weighted by atomic mass is 9.99. The fraction of sp³-hybridized carbons (Fsp3) is 0.820. The number of aliphatic hydroxyl groups is 5. The van der Waals surface area contributed by atoms with E-state index in [2.05, 4.69) is 67.8 Å². The normalized spacial score (nSPS) is 21.1. The minimum atomic E-state index is -1.55. The van der Waals surface area contributed by atoms with Gasteiger partial charge in [-0.25, -0.2) is 0 Å². The Morgan fingerprint density at radius 1 is 0.593 bits per heavy atom. The molecular formula is C50H91NO8. The zero-order valence-electron chi connectivity index (χ0n) is 37.7. The number of ether oxygens (including phenoxy) is 2. The van der Waals surface area contributed by atoms with Crippen LogP contribution in [-0.2, 0) is 14.3 Å². The quantitative estimate of drug-likeness (QED) is 0.0264. The van der Waals surface area contributed by atoms with Gasteiger partial charge < -0.3 is 40.3 Å². The maximum Gasteiger partial charge on any atom is 0.220 e. The zero-order valence-corrected chi connectivity index (χ0v) is 37.7. The van der Waals surface area contributed by atoms with Crippen molar-refractivity contribution in [2.24, 2.45) is 0 Å². The van der Waals surface area contributed by atoms with E-state index < -0.39 is 49.5 Å². The molecule has 1 heterocycles. The van der Waals surface area contributed by atoms with Crippen LogP contribution in [0.4, 0.5) is 0 Å². The minimum Gasteiger partial charge on any atom is -0.394 e. The highest BCUT2D eigenvalue weighted by Crippen LogP contribution is 2.23. The fourth-order valence-electron chi connectivity index (χ4n) is 7.56. The summed E-state index contributed by atoms with van der Waals surface area (Å²) in [6, 6.07) is -0.721. The molecule has 9 heteroatoms. The molecule has 0 aromatic carbocycles. The van der Waals surface area contributed by atoms with Crippen LogP contribution in [0, 0.1) is 0 Å². The monoisotopic (exact) mass is 834 g/mol. The Labute approximate surface area is 361 Å². The first-order chi connectivity index (χ1) is 28.8. The maximum absolute atomic E-state index is 13.0. The SMILES string of the molecule is CC/C=C\C/C=C\C/C=C\C/C=C\CCCCCCCCCCCCC(=O)NC(COC1OC(CO)C(O)C(O)C1O)C(O)CCCCCCCCCCCCCCC. The van der Waals surface area contributed by atoms with Crippen molar-refractivity contribution in [1.29, 1.82) is 0 Å². The summed E-state index contributed by atoms with van der Waals surface area (Å²) in [5.41, 5.74) is 0. The summed E-state index contributed by atoms with van der Waals surface area (Å²) in [6.07, 6.45) is 44.0. The van der Waals surface area contributed by atoms with Crippen LogP contribution in [0.5, 0.6) is 0 Å². The molecule has 0 aromatic heterocycles. The first-order valence-electron chi connectivity index (χ1n) is 24.3. The Bertz CT molecular complexity index is 1060. The number of carbonyl (C=O) groups excluding carboxylic acids is 1. The summed E-state index contributed by atoms with van der Waals surface area (Å²) < 4.78 is 11.3. The van der Waals surface area contributed by atoms with Gasteiger partial charge >= 0.3 is 0 Å². The van der Waals surface area contributed by atoms with E-state index in [4.69, 9.17) is 9.47 Å². The van der Waals surface area contributed by atoms with E-state index in [1.165, 1.54) is 109 Å². The lowest BCUT2D eigenvalue weighted by Gasteiger charge is -2.40. The summed E-state index contributed by atoms with van der Waals surface area (Å²) >= 11 is 0. The number of nitrogens with one attached hydrogen (secondary N) is 1. The van der Waals surface area contributed by atoms with Gasteiger partial charge in [0.15, 0.2) is 6.29 Å². The van der Waals surface area contributed by atoms with E-state index in [1.54, 1.807) is 0 Å².